The Labute approximate surface area is 160 Å². The molecule has 148 valence electrons. The summed E-state index contributed by atoms with van der Waals surface area (Å²) in [4.78, 5) is 36.2. The van der Waals surface area contributed by atoms with Crippen molar-refractivity contribution in [2.45, 2.75) is 71.8 Å². The van der Waals surface area contributed by atoms with Gasteiger partial charge in [0.15, 0.2) is 0 Å². The molecule has 1 aliphatic carbocycles. The number of carbonyl (C=O) groups excluding carboxylic acids is 2. The van der Waals surface area contributed by atoms with Gasteiger partial charge in [0.05, 0.1) is 6.42 Å². The van der Waals surface area contributed by atoms with Gasteiger partial charge in [-0.15, -0.1) is 0 Å². The first-order valence-electron chi connectivity index (χ1n) is 9.64. The largest absolute Gasteiger partial charge is 0.481 e. The third-order valence-electron chi connectivity index (χ3n) is 5.16. The summed E-state index contributed by atoms with van der Waals surface area (Å²) >= 11 is 0. The maximum atomic E-state index is 12.6. The molecule has 0 saturated heterocycles. The van der Waals surface area contributed by atoms with Crippen LogP contribution < -0.4 is 10.6 Å². The number of amides is 2. The molecule has 0 radical (unpaired) electrons. The molecule has 2 amide bonds. The number of nitrogens with one attached hydrogen (secondary N) is 2. The van der Waals surface area contributed by atoms with E-state index >= 15 is 0 Å². The third-order valence-corrected chi connectivity index (χ3v) is 5.16. The van der Waals surface area contributed by atoms with E-state index in [-0.39, 0.29) is 30.7 Å². The van der Waals surface area contributed by atoms with E-state index in [1.54, 1.807) is 18.2 Å². The molecule has 0 heterocycles. The van der Waals surface area contributed by atoms with Crippen LogP contribution in [0.4, 0.5) is 5.69 Å². The number of carbonyl (C=O) groups is 3. The SMILES string of the molecule is Cc1ccc(NC(=O)CC2(CC(=O)O)CCCCC2)cc1C(=O)NC(C)C. The van der Waals surface area contributed by atoms with Gasteiger partial charge < -0.3 is 15.7 Å². The summed E-state index contributed by atoms with van der Waals surface area (Å²) in [5, 5.41) is 15.0. The Bertz CT molecular complexity index is 706. The van der Waals surface area contributed by atoms with E-state index in [1.807, 2.05) is 20.8 Å². The molecule has 1 fully saturated rings. The number of hydrogen-bond acceptors (Lipinski definition) is 3. The van der Waals surface area contributed by atoms with E-state index in [1.165, 1.54) is 0 Å². The maximum absolute atomic E-state index is 12.6. The van der Waals surface area contributed by atoms with Crippen LogP contribution in [-0.2, 0) is 9.59 Å². The zero-order valence-corrected chi connectivity index (χ0v) is 16.4. The zero-order chi connectivity index (χ0) is 20.0. The first-order valence-corrected chi connectivity index (χ1v) is 9.64. The molecule has 0 atom stereocenters. The zero-order valence-electron chi connectivity index (χ0n) is 16.4. The molecular weight excluding hydrogens is 344 g/mol. The summed E-state index contributed by atoms with van der Waals surface area (Å²) in [5.41, 5.74) is 1.46. The highest BCUT2D eigenvalue weighted by Gasteiger charge is 2.36. The molecular formula is C21H30N2O4. The lowest BCUT2D eigenvalue weighted by Crippen LogP contribution is -2.32. The summed E-state index contributed by atoms with van der Waals surface area (Å²) in [5.74, 6) is -1.22. The van der Waals surface area contributed by atoms with Crippen LogP contribution in [0, 0.1) is 12.3 Å². The summed E-state index contributed by atoms with van der Waals surface area (Å²) in [6, 6.07) is 5.27. The number of aryl methyl sites for hydroxylation is 1. The van der Waals surface area contributed by atoms with Crippen LogP contribution in [0.3, 0.4) is 0 Å². The van der Waals surface area contributed by atoms with Crippen molar-refractivity contribution in [2.24, 2.45) is 5.41 Å². The monoisotopic (exact) mass is 374 g/mol. The molecule has 0 unspecified atom stereocenters. The second-order valence-corrected chi connectivity index (χ2v) is 8.01. The number of hydrogen-bond donors (Lipinski definition) is 3. The molecule has 1 aliphatic rings. The Hall–Kier alpha value is -2.37. The number of carboxylic acids is 1. The van der Waals surface area contributed by atoms with Crippen molar-refractivity contribution in [1.29, 1.82) is 0 Å². The Morgan fingerprint density at radius 1 is 1.11 bits per heavy atom. The van der Waals surface area contributed by atoms with E-state index in [2.05, 4.69) is 10.6 Å². The van der Waals surface area contributed by atoms with Gasteiger partial charge >= 0.3 is 5.97 Å². The van der Waals surface area contributed by atoms with Gasteiger partial charge in [-0.1, -0.05) is 25.3 Å². The van der Waals surface area contributed by atoms with E-state index in [0.29, 0.717) is 11.3 Å². The van der Waals surface area contributed by atoms with Gasteiger partial charge in [0, 0.05) is 23.7 Å². The molecule has 1 aromatic rings. The molecule has 6 nitrogen and oxygen atoms in total. The second-order valence-electron chi connectivity index (χ2n) is 8.01. The number of aliphatic carboxylic acids is 1. The molecule has 3 N–H and O–H groups in total. The molecule has 0 aliphatic heterocycles. The van der Waals surface area contributed by atoms with Gasteiger partial charge in [0.25, 0.3) is 5.91 Å². The smallest absolute Gasteiger partial charge is 0.303 e. The average Bonchev–Trinajstić information content (AvgIpc) is 2.55. The van der Waals surface area contributed by atoms with E-state index in [0.717, 1.165) is 37.7 Å². The minimum Gasteiger partial charge on any atom is -0.481 e. The molecule has 0 bridgehead atoms. The molecule has 1 saturated carbocycles. The van der Waals surface area contributed by atoms with E-state index in [4.69, 9.17) is 0 Å². The Balaban J connectivity index is 2.10. The van der Waals surface area contributed by atoms with E-state index < -0.39 is 11.4 Å². The molecule has 1 aromatic carbocycles. The minimum atomic E-state index is -0.854. The van der Waals surface area contributed by atoms with E-state index in [9.17, 15) is 19.5 Å². The fraction of sp³-hybridized carbons (Fsp3) is 0.571. The number of anilines is 1. The molecule has 2 rings (SSSR count). The van der Waals surface area contributed by atoms with Crippen molar-refractivity contribution in [3.63, 3.8) is 0 Å². The molecule has 6 heteroatoms. The Morgan fingerprint density at radius 2 is 1.78 bits per heavy atom. The van der Waals surface area contributed by atoms with Gasteiger partial charge in [-0.3, -0.25) is 14.4 Å². The second kappa shape index (κ2) is 9.02. The van der Waals surface area contributed by atoms with Crippen LogP contribution in [0.15, 0.2) is 18.2 Å². The van der Waals surface area contributed by atoms with Crippen LogP contribution in [0.25, 0.3) is 0 Å². The maximum Gasteiger partial charge on any atom is 0.303 e. The van der Waals surface area contributed by atoms with Crippen molar-refractivity contribution in [3.05, 3.63) is 29.3 Å². The highest BCUT2D eigenvalue weighted by molar-refractivity contribution is 5.98. The van der Waals surface area contributed by atoms with Crippen molar-refractivity contribution >= 4 is 23.5 Å². The number of carboxylic acid groups (broad SMARTS) is 1. The summed E-state index contributed by atoms with van der Waals surface area (Å²) in [6.45, 7) is 5.64. The van der Waals surface area contributed by atoms with Crippen molar-refractivity contribution in [1.82, 2.24) is 5.32 Å². The normalized spacial score (nSPS) is 16.0. The topological polar surface area (TPSA) is 95.5 Å². The lowest BCUT2D eigenvalue weighted by molar-refractivity contribution is -0.140. The minimum absolute atomic E-state index is 0.0242. The predicted molar refractivity (Wildman–Crippen MR) is 105 cm³/mol. The van der Waals surface area contributed by atoms with Crippen LogP contribution in [0.2, 0.25) is 0 Å². The van der Waals surface area contributed by atoms with Crippen molar-refractivity contribution < 1.29 is 19.5 Å². The average molecular weight is 374 g/mol. The Kier molecular flexibility index (Phi) is 6.99. The highest BCUT2D eigenvalue weighted by atomic mass is 16.4. The molecule has 0 spiro atoms. The fourth-order valence-corrected chi connectivity index (χ4v) is 3.87. The van der Waals surface area contributed by atoms with Gasteiger partial charge in [-0.05, 0) is 56.7 Å². The lowest BCUT2D eigenvalue weighted by Gasteiger charge is -2.35. The van der Waals surface area contributed by atoms with Crippen LogP contribution in [-0.4, -0.2) is 28.9 Å². The van der Waals surface area contributed by atoms with Gasteiger partial charge in [-0.25, -0.2) is 0 Å². The number of benzene rings is 1. The van der Waals surface area contributed by atoms with Gasteiger partial charge in [0.1, 0.15) is 0 Å². The fourth-order valence-electron chi connectivity index (χ4n) is 3.87. The van der Waals surface area contributed by atoms with Gasteiger partial charge in [0.2, 0.25) is 5.91 Å². The summed E-state index contributed by atoms with van der Waals surface area (Å²) < 4.78 is 0. The van der Waals surface area contributed by atoms with Crippen LogP contribution in [0.1, 0.15) is 74.7 Å². The summed E-state index contributed by atoms with van der Waals surface area (Å²) in [7, 11) is 0. The standard InChI is InChI=1S/C21H30N2O4/c1-14(2)22-20(27)17-11-16(8-7-15(17)3)23-18(24)12-21(13-19(25)26)9-5-4-6-10-21/h7-8,11,14H,4-6,9-10,12-13H2,1-3H3,(H,22,27)(H,23,24)(H,25,26). The quantitative estimate of drug-likeness (QED) is 0.675. The van der Waals surface area contributed by atoms with Crippen molar-refractivity contribution in [2.75, 3.05) is 5.32 Å². The summed E-state index contributed by atoms with van der Waals surface area (Å²) in [6.07, 6.45) is 4.77. The van der Waals surface area contributed by atoms with Gasteiger partial charge in [-0.2, -0.15) is 0 Å². The van der Waals surface area contributed by atoms with Crippen molar-refractivity contribution in [3.8, 4) is 0 Å². The first-order chi connectivity index (χ1) is 12.7. The molecule has 27 heavy (non-hydrogen) atoms. The third kappa shape index (κ3) is 6.08. The first kappa shape index (κ1) is 20.9. The van der Waals surface area contributed by atoms with Crippen LogP contribution in [0.5, 0.6) is 0 Å². The molecule has 0 aromatic heterocycles. The lowest BCUT2D eigenvalue weighted by atomic mass is 9.69. The van der Waals surface area contributed by atoms with Crippen LogP contribution >= 0.6 is 0 Å². The predicted octanol–water partition coefficient (Wildman–Crippen LogP) is 3.89. The highest BCUT2D eigenvalue weighted by Crippen LogP contribution is 2.42. The Morgan fingerprint density at radius 3 is 2.37 bits per heavy atom. The number of rotatable bonds is 7.